The maximum Gasteiger partial charge on any atom is 0.410 e. The van der Waals surface area contributed by atoms with E-state index in [1.165, 1.54) is 51.3 Å². The molecule has 0 spiro atoms. The van der Waals surface area contributed by atoms with Crippen molar-refractivity contribution in [3.63, 3.8) is 0 Å². The minimum atomic E-state index is -0.977. The number of carbonyl (C=O) groups excluding carboxylic acids is 5. The number of primary amides is 1. The summed E-state index contributed by atoms with van der Waals surface area (Å²) >= 11 is 8.11. The molecular formula is C63H78ClF2N11O10S. The average Bonchev–Trinajstić information content (AvgIpc) is 0.996. The first-order valence-electron chi connectivity index (χ1n) is 30.0. The number of nitrogens with zero attached hydrogens (tertiary/aromatic N) is 8. The molecule has 0 unspecified atom stereocenters. The Labute approximate surface area is 519 Å². The number of nitrogens with two attached hydrogens (primary N) is 1. The number of thiazole rings is 1. The predicted molar refractivity (Wildman–Crippen MR) is 334 cm³/mol. The number of rotatable bonds is 23. The van der Waals surface area contributed by atoms with Crippen LogP contribution in [0.2, 0.25) is 5.02 Å². The average molecular weight is 1250 g/mol. The number of likely N-dealkylation sites (N-methyl/N-ethyl adjacent to an activating group) is 2. The van der Waals surface area contributed by atoms with Crippen LogP contribution < -0.4 is 26.0 Å². The molecule has 3 atom stereocenters. The molecule has 3 fully saturated rings. The Morgan fingerprint density at radius 3 is 2.27 bits per heavy atom. The van der Waals surface area contributed by atoms with Crippen LogP contribution in [-0.4, -0.2) is 180 Å². The third-order valence-corrected chi connectivity index (χ3v) is 17.5. The molecule has 472 valence electrons. The highest BCUT2D eigenvalue weighted by molar-refractivity contribution is 7.10. The van der Waals surface area contributed by atoms with Crippen LogP contribution in [0.5, 0.6) is 11.5 Å². The first-order chi connectivity index (χ1) is 42.2. The minimum absolute atomic E-state index is 0.00441. The van der Waals surface area contributed by atoms with Crippen LogP contribution >= 0.6 is 22.9 Å². The summed E-state index contributed by atoms with van der Waals surface area (Å²) in [7, 11) is 3.19. The number of hydrogen-bond donors (Lipinski definition) is 4. The van der Waals surface area contributed by atoms with E-state index in [-0.39, 0.29) is 97.1 Å². The summed E-state index contributed by atoms with van der Waals surface area (Å²) in [5.74, 6) is -2.11. The molecule has 4 heterocycles. The summed E-state index contributed by atoms with van der Waals surface area (Å²) in [4.78, 5) is 88.7. The molecule has 21 nitrogen and oxygen atoms in total. The lowest BCUT2D eigenvalue weighted by Gasteiger charge is -2.36. The summed E-state index contributed by atoms with van der Waals surface area (Å²) in [5, 5.41) is 21.4. The van der Waals surface area contributed by atoms with E-state index < -0.39 is 58.7 Å². The molecule has 0 bridgehead atoms. The van der Waals surface area contributed by atoms with Crippen LogP contribution in [0.4, 0.5) is 30.1 Å². The number of fused-ring (bicyclic) bond motifs is 2. The number of ether oxygens (including phenoxy) is 4. The number of carbonyl (C=O) groups is 5. The van der Waals surface area contributed by atoms with Crippen LogP contribution in [-0.2, 0) is 28.6 Å². The highest BCUT2D eigenvalue weighted by Gasteiger charge is 2.41. The van der Waals surface area contributed by atoms with Crippen molar-refractivity contribution >= 4 is 86.2 Å². The molecule has 4 aromatic carbocycles. The van der Waals surface area contributed by atoms with E-state index in [1.807, 2.05) is 51.6 Å². The fourth-order valence-electron chi connectivity index (χ4n) is 11.4. The van der Waals surface area contributed by atoms with E-state index >= 15 is 8.78 Å². The number of anilines is 2. The quantitative estimate of drug-likeness (QED) is 0.0436. The molecule has 1 saturated carbocycles. The minimum Gasteiger partial charge on any atom is -0.507 e. The van der Waals surface area contributed by atoms with Gasteiger partial charge in [0.2, 0.25) is 23.7 Å². The van der Waals surface area contributed by atoms with Crippen LogP contribution in [0.25, 0.3) is 44.1 Å². The summed E-state index contributed by atoms with van der Waals surface area (Å²) in [6.07, 6.45) is 5.70. The normalized spacial score (nSPS) is 16.4. The Hall–Kier alpha value is -7.67. The Morgan fingerprint density at radius 2 is 1.56 bits per heavy atom. The molecule has 6 amide bonds. The smallest absolute Gasteiger partial charge is 0.410 e. The second-order valence-corrected chi connectivity index (χ2v) is 24.7. The van der Waals surface area contributed by atoms with Crippen molar-refractivity contribution in [2.45, 2.75) is 103 Å². The molecule has 2 saturated heterocycles. The highest BCUT2D eigenvalue weighted by atomic mass is 35.5. The number of likely N-dealkylation sites (tertiary alicyclic amines) is 1. The van der Waals surface area contributed by atoms with Gasteiger partial charge in [0.1, 0.15) is 58.0 Å². The van der Waals surface area contributed by atoms with Crippen molar-refractivity contribution < 1.29 is 56.8 Å². The fraction of sp³-hybridized carbons (Fsp3) is 0.492. The highest BCUT2D eigenvalue weighted by Crippen LogP contribution is 2.44. The van der Waals surface area contributed by atoms with Gasteiger partial charge in [-0.1, -0.05) is 61.2 Å². The molecule has 3 aliphatic rings. The number of nitrogens with one attached hydrogen (secondary N) is 2. The van der Waals surface area contributed by atoms with E-state index in [2.05, 4.69) is 20.6 Å². The fourth-order valence-corrected chi connectivity index (χ4v) is 12.7. The van der Waals surface area contributed by atoms with Crippen molar-refractivity contribution in [2.24, 2.45) is 11.7 Å². The number of urea groups is 1. The molecule has 9 rings (SSSR count). The summed E-state index contributed by atoms with van der Waals surface area (Å²) in [5.41, 5.74) is 5.53. The number of halogens is 3. The topological polar surface area (TPSA) is 247 Å². The zero-order chi connectivity index (χ0) is 62.8. The van der Waals surface area contributed by atoms with Gasteiger partial charge in [-0.05, 0) is 95.0 Å². The van der Waals surface area contributed by atoms with Gasteiger partial charge in [-0.3, -0.25) is 19.3 Å². The summed E-state index contributed by atoms with van der Waals surface area (Å²) in [6.45, 7) is 10.5. The van der Waals surface area contributed by atoms with Gasteiger partial charge in [-0.2, -0.15) is 4.98 Å². The molecule has 0 radical (unpaired) electrons. The first-order valence-corrected chi connectivity index (χ1v) is 31.2. The van der Waals surface area contributed by atoms with Crippen molar-refractivity contribution in [1.29, 1.82) is 0 Å². The molecule has 6 aromatic rings. The lowest BCUT2D eigenvalue weighted by atomic mass is 9.83. The van der Waals surface area contributed by atoms with Gasteiger partial charge >= 0.3 is 12.1 Å². The number of phenols is 1. The number of aromatic hydroxyl groups is 1. The number of benzene rings is 4. The van der Waals surface area contributed by atoms with E-state index in [9.17, 15) is 29.1 Å². The zero-order valence-corrected chi connectivity index (χ0v) is 52.2. The summed E-state index contributed by atoms with van der Waals surface area (Å²) < 4.78 is 55.0. The first kappa shape index (κ1) is 64.8. The van der Waals surface area contributed by atoms with Crippen LogP contribution in [0, 0.1) is 17.6 Å². The third-order valence-electron chi connectivity index (χ3n) is 16.3. The van der Waals surface area contributed by atoms with Gasteiger partial charge < -0.3 is 60.0 Å². The van der Waals surface area contributed by atoms with Gasteiger partial charge in [-0.25, -0.2) is 28.3 Å². The third kappa shape index (κ3) is 15.4. The largest absolute Gasteiger partial charge is 0.507 e. The molecular weight excluding hydrogens is 1180 g/mol. The Morgan fingerprint density at radius 1 is 0.841 bits per heavy atom. The van der Waals surface area contributed by atoms with Crippen LogP contribution in [0.15, 0.2) is 66.0 Å². The molecule has 2 aliphatic heterocycles. The SMILES string of the molecule is C[C@@H](C(=O)N[C@H](C(=O)N1CCC[C@H]1c1nc(-c2ccc(OCCOCCOCCN(C)C(=O)CCNc3nc(N4CCN(C(N)=O)CC4)c4cc(Cl)c(-c5c(O)cccc5F)c(F)c4n3)c3ccccc23)cs1)C1CCCCC1)N(C)C(=O)OC(C)(C)C. The number of hydrogen-bond acceptors (Lipinski definition) is 16. The van der Waals surface area contributed by atoms with Gasteiger partial charge in [0.05, 0.1) is 48.7 Å². The number of aromatic nitrogens is 3. The molecule has 2 aromatic heterocycles. The summed E-state index contributed by atoms with van der Waals surface area (Å²) in [6, 6.07) is 14.5. The van der Waals surface area contributed by atoms with Gasteiger partial charge in [-0.15, -0.1) is 11.3 Å². The zero-order valence-electron chi connectivity index (χ0n) is 50.6. The number of phenolic OH excluding ortho intramolecular Hbond substituents is 1. The molecule has 88 heavy (non-hydrogen) atoms. The van der Waals surface area contributed by atoms with Crippen molar-refractivity contribution in [3.05, 3.63) is 87.7 Å². The van der Waals surface area contributed by atoms with Crippen molar-refractivity contribution in [3.8, 4) is 33.9 Å². The van der Waals surface area contributed by atoms with Crippen molar-refractivity contribution in [1.82, 2.24) is 39.9 Å². The monoisotopic (exact) mass is 1250 g/mol. The van der Waals surface area contributed by atoms with Crippen LogP contribution in [0.3, 0.4) is 0 Å². The second kappa shape index (κ2) is 29.1. The van der Waals surface area contributed by atoms with Gasteiger partial charge in [0, 0.05) is 93.6 Å². The Balaban J connectivity index is 0.733. The van der Waals surface area contributed by atoms with E-state index in [1.54, 1.807) is 34.7 Å². The van der Waals surface area contributed by atoms with E-state index in [0.717, 1.165) is 78.0 Å². The lowest BCUT2D eigenvalue weighted by molar-refractivity contribution is -0.140. The predicted octanol–water partition coefficient (Wildman–Crippen LogP) is 9.77. The molecule has 5 N–H and O–H groups in total. The lowest BCUT2D eigenvalue weighted by Crippen LogP contribution is -2.56. The van der Waals surface area contributed by atoms with Gasteiger partial charge in [0.15, 0.2) is 5.82 Å². The van der Waals surface area contributed by atoms with E-state index in [0.29, 0.717) is 51.0 Å². The molecule has 25 heteroatoms. The number of amides is 6. The Kier molecular flexibility index (Phi) is 21.4. The van der Waals surface area contributed by atoms with Crippen LogP contribution in [0.1, 0.15) is 90.1 Å². The van der Waals surface area contributed by atoms with E-state index in [4.69, 9.17) is 41.3 Å². The number of piperazine rings is 1. The second-order valence-electron chi connectivity index (χ2n) is 23.4. The van der Waals surface area contributed by atoms with Gasteiger partial charge in [0.25, 0.3) is 0 Å². The Bertz CT molecular complexity index is 3470. The maximum absolute atomic E-state index is 16.5. The standard InChI is InChI=1S/C63H78ClF2N11O10S/c1-38(74(6)62(83)87-63(2,3)4)57(80)70-54(39-14-8-7-9-15-39)59(81)77-25-13-19-47(77)58-69-46(37-88-58)41-21-22-49(42-17-11-10-16-40(41)42)86-35-34-85-33-32-84-31-30-73(5)50(79)23-24-68-61-71-55-43(56(72-61)75-26-28-76(29-27-75)60(67)82)36-44(64)51(53(55)66)52-45(65)18-12-20-48(52)78/h10-12,16-18,20-22,36-39,47,54,78H,7-9,13-15,19,23-35H2,1-6H3,(H2,67,82)(H,70,80)(H,68,71,72)/t38-,47-,54-/m0/s1. The maximum atomic E-state index is 16.5. The molecule has 1 aliphatic carbocycles. The van der Waals surface area contributed by atoms with Crippen molar-refractivity contribution in [2.75, 3.05) is 103 Å².